The Kier molecular flexibility index (Phi) is 3.53. The predicted octanol–water partition coefficient (Wildman–Crippen LogP) is 3.87. The zero-order valence-electron chi connectivity index (χ0n) is 13.7. The highest BCUT2D eigenvalue weighted by Gasteiger charge is 2.23. The van der Waals surface area contributed by atoms with Gasteiger partial charge >= 0.3 is 0 Å². The van der Waals surface area contributed by atoms with Crippen molar-refractivity contribution in [2.45, 2.75) is 26.2 Å². The summed E-state index contributed by atoms with van der Waals surface area (Å²) in [4.78, 5) is 18.6. The summed E-state index contributed by atoms with van der Waals surface area (Å²) in [6, 6.07) is 7.85. The number of primary amides is 1. The fourth-order valence-electron chi connectivity index (χ4n) is 3.50. The van der Waals surface area contributed by atoms with E-state index in [1.54, 1.807) is 18.4 Å². The van der Waals surface area contributed by atoms with Crippen LogP contribution in [0.5, 0.6) is 5.75 Å². The Bertz CT molecular complexity index is 975. The smallest absolute Gasteiger partial charge is 0.267 e. The minimum atomic E-state index is -0.488. The highest BCUT2D eigenvalue weighted by molar-refractivity contribution is 7.19. The average molecular weight is 338 g/mol. The minimum Gasteiger partial charge on any atom is -0.497 e. The number of carbonyl (C=O) groups excluding carboxylic acids is 1. The number of benzene rings is 1. The average Bonchev–Trinajstić information content (AvgIpc) is 3.14. The monoisotopic (exact) mass is 338 g/mol. The molecule has 0 saturated heterocycles. The molecule has 0 spiro atoms. The second-order valence-corrected chi connectivity index (χ2v) is 7.22. The van der Waals surface area contributed by atoms with Crippen LogP contribution in [0.25, 0.3) is 21.3 Å². The molecule has 1 aliphatic carbocycles. The van der Waals surface area contributed by atoms with Gasteiger partial charge in [-0.15, -0.1) is 11.3 Å². The fraction of sp³-hybridized carbons (Fsp3) is 0.263. The Morgan fingerprint density at radius 1 is 1.25 bits per heavy atom. The molecular formula is C19H18N2O2S. The van der Waals surface area contributed by atoms with Gasteiger partial charge in [-0.2, -0.15) is 0 Å². The van der Waals surface area contributed by atoms with Crippen LogP contribution < -0.4 is 10.5 Å². The van der Waals surface area contributed by atoms with E-state index in [1.165, 1.54) is 22.2 Å². The lowest BCUT2D eigenvalue weighted by Gasteiger charge is -2.12. The Balaban J connectivity index is 2.04. The Morgan fingerprint density at radius 3 is 2.79 bits per heavy atom. The Hall–Kier alpha value is -2.40. The molecule has 2 aromatic heterocycles. The summed E-state index contributed by atoms with van der Waals surface area (Å²) in [6.07, 6.45) is 3.37. The first-order valence-electron chi connectivity index (χ1n) is 7.98. The van der Waals surface area contributed by atoms with E-state index in [4.69, 9.17) is 10.5 Å². The number of rotatable bonds is 3. The number of hydrogen-bond acceptors (Lipinski definition) is 4. The minimum absolute atomic E-state index is 0.327. The number of methoxy groups -OCH3 is 1. The van der Waals surface area contributed by atoms with Crippen molar-refractivity contribution in [3.8, 4) is 16.9 Å². The van der Waals surface area contributed by atoms with Gasteiger partial charge in [-0.3, -0.25) is 4.79 Å². The number of fused-ring (bicyclic) bond motifs is 3. The van der Waals surface area contributed by atoms with Gasteiger partial charge < -0.3 is 10.5 Å². The van der Waals surface area contributed by atoms with Crippen LogP contribution in [0.4, 0.5) is 0 Å². The maximum Gasteiger partial charge on any atom is 0.267 e. The Morgan fingerprint density at radius 2 is 2.08 bits per heavy atom. The number of nitrogens with zero attached hydrogens (tertiary/aromatic N) is 1. The molecule has 0 atom stereocenters. The number of carbonyl (C=O) groups is 1. The van der Waals surface area contributed by atoms with Gasteiger partial charge in [-0.05, 0) is 66.6 Å². The van der Waals surface area contributed by atoms with Crippen LogP contribution in [-0.4, -0.2) is 18.0 Å². The number of pyridine rings is 1. The van der Waals surface area contributed by atoms with E-state index < -0.39 is 5.91 Å². The summed E-state index contributed by atoms with van der Waals surface area (Å²) in [5.74, 6) is 0.338. The first-order chi connectivity index (χ1) is 11.6. The van der Waals surface area contributed by atoms with Crippen LogP contribution in [0.1, 0.15) is 32.9 Å². The van der Waals surface area contributed by atoms with Gasteiger partial charge in [0.05, 0.1) is 7.11 Å². The molecule has 0 radical (unpaired) electrons. The number of ether oxygens (including phenoxy) is 1. The SMILES string of the molecule is COc1ccc(-c2cc(C(N)=O)nc3sc4c(c23)CCC4)c(C)c1. The van der Waals surface area contributed by atoms with E-state index in [1.807, 2.05) is 24.3 Å². The summed E-state index contributed by atoms with van der Waals surface area (Å²) in [5.41, 5.74) is 10.5. The first-order valence-corrected chi connectivity index (χ1v) is 8.80. The lowest BCUT2D eigenvalue weighted by molar-refractivity contribution is 0.0996. The molecule has 122 valence electrons. The molecule has 1 aliphatic rings. The maximum atomic E-state index is 11.7. The zero-order chi connectivity index (χ0) is 16.8. The summed E-state index contributed by atoms with van der Waals surface area (Å²) in [5, 5.41) is 1.19. The zero-order valence-corrected chi connectivity index (χ0v) is 14.5. The number of hydrogen-bond donors (Lipinski definition) is 1. The highest BCUT2D eigenvalue weighted by atomic mass is 32.1. The molecule has 3 aromatic rings. The van der Waals surface area contributed by atoms with Crippen LogP contribution in [0.2, 0.25) is 0 Å². The highest BCUT2D eigenvalue weighted by Crippen LogP contribution is 2.42. The van der Waals surface area contributed by atoms with Crippen molar-refractivity contribution in [3.63, 3.8) is 0 Å². The third-order valence-corrected chi connectivity index (χ3v) is 5.84. The normalized spacial score (nSPS) is 13.2. The second kappa shape index (κ2) is 5.60. The lowest BCUT2D eigenvalue weighted by Crippen LogP contribution is -2.13. The van der Waals surface area contributed by atoms with Crippen LogP contribution in [0.15, 0.2) is 24.3 Å². The number of aryl methyl sites for hydroxylation is 3. The third-order valence-electron chi connectivity index (χ3n) is 4.65. The molecule has 0 aliphatic heterocycles. The molecule has 1 aromatic carbocycles. The van der Waals surface area contributed by atoms with E-state index in [2.05, 4.69) is 11.9 Å². The summed E-state index contributed by atoms with van der Waals surface area (Å²) in [6.45, 7) is 2.06. The van der Waals surface area contributed by atoms with E-state index >= 15 is 0 Å². The lowest BCUT2D eigenvalue weighted by atomic mass is 9.95. The van der Waals surface area contributed by atoms with Crippen molar-refractivity contribution in [3.05, 3.63) is 46.0 Å². The molecule has 2 N–H and O–H groups in total. The van der Waals surface area contributed by atoms with E-state index in [9.17, 15) is 4.79 Å². The molecule has 4 rings (SSSR count). The van der Waals surface area contributed by atoms with Gasteiger partial charge in [0.1, 0.15) is 16.3 Å². The van der Waals surface area contributed by atoms with Gasteiger partial charge in [0, 0.05) is 10.3 Å². The molecule has 4 nitrogen and oxygen atoms in total. The van der Waals surface area contributed by atoms with Crippen LogP contribution in [-0.2, 0) is 12.8 Å². The quantitative estimate of drug-likeness (QED) is 0.788. The van der Waals surface area contributed by atoms with E-state index in [-0.39, 0.29) is 0 Å². The molecule has 1 amide bonds. The van der Waals surface area contributed by atoms with Crippen LogP contribution in [0.3, 0.4) is 0 Å². The molecule has 24 heavy (non-hydrogen) atoms. The van der Waals surface area contributed by atoms with Crippen molar-refractivity contribution < 1.29 is 9.53 Å². The van der Waals surface area contributed by atoms with Crippen molar-refractivity contribution >= 4 is 27.5 Å². The third kappa shape index (κ3) is 2.27. The van der Waals surface area contributed by atoms with Crippen molar-refractivity contribution in [2.24, 2.45) is 5.73 Å². The second-order valence-electron chi connectivity index (χ2n) is 6.14. The maximum absolute atomic E-state index is 11.7. The van der Waals surface area contributed by atoms with Gasteiger partial charge in [0.15, 0.2) is 0 Å². The predicted molar refractivity (Wildman–Crippen MR) is 96.9 cm³/mol. The first kappa shape index (κ1) is 15.1. The standard InChI is InChI=1S/C19H18N2O2S/c1-10-8-11(23-2)6-7-12(10)14-9-15(18(20)22)21-19-17(14)13-4-3-5-16(13)24-19/h6-9H,3-5H2,1-2H3,(H2,20,22). The number of aromatic nitrogens is 1. The number of thiophene rings is 1. The van der Waals surface area contributed by atoms with Gasteiger partial charge in [-0.1, -0.05) is 6.07 Å². The van der Waals surface area contributed by atoms with Crippen LogP contribution >= 0.6 is 11.3 Å². The molecule has 0 saturated carbocycles. The van der Waals surface area contributed by atoms with Gasteiger partial charge in [-0.25, -0.2) is 4.98 Å². The molecule has 2 heterocycles. The molecular weight excluding hydrogens is 320 g/mol. The van der Waals surface area contributed by atoms with Crippen molar-refractivity contribution in [1.29, 1.82) is 0 Å². The summed E-state index contributed by atoms with van der Waals surface area (Å²) < 4.78 is 5.31. The molecule has 0 bridgehead atoms. The van der Waals surface area contributed by atoms with Crippen molar-refractivity contribution in [1.82, 2.24) is 4.98 Å². The molecule has 0 unspecified atom stereocenters. The molecule has 5 heteroatoms. The van der Waals surface area contributed by atoms with Gasteiger partial charge in [0.25, 0.3) is 5.91 Å². The van der Waals surface area contributed by atoms with E-state index in [0.717, 1.165) is 40.1 Å². The fourth-order valence-corrected chi connectivity index (χ4v) is 4.79. The van der Waals surface area contributed by atoms with Crippen LogP contribution in [0, 0.1) is 6.92 Å². The summed E-state index contributed by atoms with van der Waals surface area (Å²) >= 11 is 1.70. The van der Waals surface area contributed by atoms with Crippen molar-refractivity contribution in [2.75, 3.05) is 7.11 Å². The topological polar surface area (TPSA) is 65.2 Å². The van der Waals surface area contributed by atoms with Gasteiger partial charge in [0.2, 0.25) is 0 Å². The van der Waals surface area contributed by atoms with E-state index in [0.29, 0.717) is 5.69 Å². The molecule has 0 fully saturated rings. The number of amides is 1. The Labute approximate surface area is 144 Å². The summed E-state index contributed by atoms with van der Waals surface area (Å²) in [7, 11) is 1.66. The largest absolute Gasteiger partial charge is 0.497 e. The number of nitrogens with two attached hydrogens (primary N) is 1.